The molecule has 13 heteroatoms. The van der Waals surface area contributed by atoms with E-state index in [1.165, 1.54) is 50.9 Å². The second-order valence-corrected chi connectivity index (χ2v) is 9.42. The molecule has 0 spiro atoms. The molecule has 0 bridgehead atoms. The minimum absolute atomic E-state index is 0.0396. The first-order valence-electron chi connectivity index (χ1n) is 10.9. The summed E-state index contributed by atoms with van der Waals surface area (Å²) in [6, 6.07) is 5.74. The highest BCUT2D eigenvalue weighted by atomic mass is 32.2. The van der Waals surface area contributed by atoms with Crippen molar-refractivity contribution in [2.24, 2.45) is 5.16 Å². The van der Waals surface area contributed by atoms with Crippen molar-refractivity contribution in [1.82, 2.24) is 14.7 Å². The SMILES string of the molecule is COCCNS(=O)(=O)c1ccc(/C(=N\O[C@@H]2CC[C@@H](OC)C2)C(=O)Nc2cnc(OC)cn2)cc1. The van der Waals surface area contributed by atoms with Crippen LogP contribution in [0.5, 0.6) is 5.88 Å². The number of oxime groups is 1. The maximum absolute atomic E-state index is 13.1. The topological polar surface area (TPSA) is 150 Å². The molecule has 0 saturated heterocycles. The van der Waals surface area contributed by atoms with E-state index in [0.717, 1.165) is 12.8 Å². The number of methoxy groups -OCH3 is 3. The fraction of sp³-hybridized carbons (Fsp3) is 0.455. The van der Waals surface area contributed by atoms with Crippen LogP contribution in [0.3, 0.4) is 0 Å². The molecule has 2 N–H and O–H groups in total. The van der Waals surface area contributed by atoms with Gasteiger partial charge in [0.1, 0.15) is 6.10 Å². The summed E-state index contributed by atoms with van der Waals surface area (Å²) >= 11 is 0. The second-order valence-electron chi connectivity index (χ2n) is 7.65. The number of carbonyl (C=O) groups excluding carboxylic acids is 1. The number of carbonyl (C=O) groups is 1. The van der Waals surface area contributed by atoms with E-state index in [-0.39, 0.29) is 41.8 Å². The highest BCUT2D eigenvalue weighted by molar-refractivity contribution is 7.89. The fourth-order valence-electron chi connectivity index (χ4n) is 3.38. The van der Waals surface area contributed by atoms with E-state index in [2.05, 4.69) is 25.2 Å². The summed E-state index contributed by atoms with van der Waals surface area (Å²) in [7, 11) is 0.852. The monoisotopic (exact) mass is 507 g/mol. The minimum atomic E-state index is -3.73. The molecule has 35 heavy (non-hydrogen) atoms. The summed E-state index contributed by atoms with van der Waals surface area (Å²) < 4.78 is 42.5. The first-order valence-corrected chi connectivity index (χ1v) is 12.4. The summed E-state index contributed by atoms with van der Waals surface area (Å²) in [5.74, 6) is -0.116. The number of hydrogen-bond acceptors (Lipinski definition) is 10. The molecule has 0 radical (unpaired) electrons. The fourth-order valence-corrected chi connectivity index (χ4v) is 4.39. The molecule has 1 heterocycles. The van der Waals surface area contributed by atoms with Gasteiger partial charge in [0, 0.05) is 32.7 Å². The molecule has 3 rings (SSSR count). The standard InChI is InChI=1S/C22H29N5O7S/c1-31-11-10-25-35(29,30)18-8-4-15(5-9-18)21(27-34-17-7-6-16(12-17)32-2)22(28)26-19-13-24-20(33-3)14-23-19/h4-5,8-9,13-14,16-17,25H,6-7,10-12H2,1-3H3,(H,23,26,28)/b27-21+/t16-,17-/m1/s1. The number of rotatable bonds is 12. The van der Waals surface area contributed by atoms with E-state index in [1.54, 1.807) is 7.11 Å². The van der Waals surface area contributed by atoms with Crippen LogP contribution in [0.2, 0.25) is 0 Å². The van der Waals surface area contributed by atoms with Crippen molar-refractivity contribution in [3.8, 4) is 5.88 Å². The molecule has 0 aliphatic heterocycles. The Morgan fingerprint density at radius 1 is 1.09 bits per heavy atom. The van der Waals surface area contributed by atoms with Crippen LogP contribution in [-0.4, -0.2) is 76.7 Å². The number of hydrogen-bond donors (Lipinski definition) is 2. The summed E-state index contributed by atoms with van der Waals surface area (Å²) in [5, 5.41) is 6.74. The van der Waals surface area contributed by atoms with Crippen molar-refractivity contribution >= 4 is 27.5 Å². The molecule has 1 aliphatic rings. The Morgan fingerprint density at radius 2 is 1.83 bits per heavy atom. The van der Waals surface area contributed by atoms with Crippen LogP contribution >= 0.6 is 0 Å². The van der Waals surface area contributed by atoms with E-state index in [0.29, 0.717) is 17.9 Å². The van der Waals surface area contributed by atoms with Crippen LogP contribution in [0.25, 0.3) is 0 Å². The molecule has 1 aromatic carbocycles. The number of anilines is 1. The zero-order valence-electron chi connectivity index (χ0n) is 19.8. The van der Waals surface area contributed by atoms with Gasteiger partial charge in [-0.25, -0.2) is 23.1 Å². The Morgan fingerprint density at radius 3 is 2.43 bits per heavy atom. The van der Waals surface area contributed by atoms with Crippen molar-refractivity contribution < 1.29 is 32.3 Å². The average molecular weight is 508 g/mol. The predicted octanol–water partition coefficient (Wildman–Crippen LogP) is 1.34. The summed E-state index contributed by atoms with van der Waals surface area (Å²) in [6.07, 6.45) is 4.82. The molecule has 190 valence electrons. The van der Waals surface area contributed by atoms with Gasteiger partial charge in [-0.05, 0) is 25.0 Å². The highest BCUT2D eigenvalue weighted by Gasteiger charge is 2.27. The molecular weight excluding hydrogens is 478 g/mol. The third kappa shape index (κ3) is 7.42. The molecule has 1 aliphatic carbocycles. The summed E-state index contributed by atoms with van der Waals surface area (Å²) in [4.78, 5) is 26.8. The highest BCUT2D eigenvalue weighted by Crippen LogP contribution is 2.24. The van der Waals surface area contributed by atoms with Gasteiger partial charge in [-0.1, -0.05) is 17.3 Å². The van der Waals surface area contributed by atoms with Crippen molar-refractivity contribution in [3.63, 3.8) is 0 Å². The lowest BCUT2D eigenvalue weighted by atomic mass is 10.1. The largest absolute Gasteiger partial charge is 0.480 e. The predicted molar refractivity (Wildman–Crippen MR) is 127 cm³/mol. The Labute approximate surface area is 204 Å². The van der Waals surface area contributed by atoms with Gasteiger partial charge in [-0.15, -0.1) is 0 Å². The van der Waals surface area contributed by atoms with Crippen LogP contribution in [0.4, 0.5) is 5.82 Å². The number of amides is 1. The van der Waals surface area contributed by atoms with E-state index in [1.807, 2.05) is 0 Å². The van der Waals surface area contributed by atoms with E-state index >= 15 is 0 Å². The van der Waals surface area contributed by atoms with Crippen LogP contribution in [-0.2, 0) is 29.1 Å². The molecular formula is C22H29N5O7S. The number of benzene rings is 1. The van der Waals surface area contributed by atoms with Gasteiger partial charge in [0.25, 0.3) is 5.91 Å². The number of nitrogens with one attached hydrogen (secondary N) is 2. The normalized spacial score (nSPS) is 18.3. The van der Waals surface area contributed by atoms with Crippen LogP contribution in [0, 0.1) is 0 Å². The summed E-state index contributed by atoms with van der Waals surface area (Å²) in [6.45, 7) is 0.376. The molecule has 1 aromatic heterocycles. The van der Waals surface area contributed by atoms with Crippen molar-refractivity contribution in [1.29, 1.82) is 0 Å². The van der Waals surface area contributed by atoms with Crippen molar-refractivity contribution in [3.05, 3.63) is 42.2 Å². The molecule has 2 aromatic rings. The van der Waals surface area contributed by atoms with E-state index in [4.69, 9.17) is 19.0 Å². The minimum Gasteiger partial charge on any atom is -0.480 e. The molecule has 1 fully saturated rings. The molecule has 1 saturated carbocycles. The third-order valence-corrected chi connectivity index (χ3v) is 6.77. The zero-order valence-corrected chi connectivity index (χ0v) is 20.6. The molecule has 12 nitrogen and oxygen atoms in total. The first kappa shape index (κ1) is 26.5. The van der Waals surface area contributed by atoms with Gasteiger partial charge in [-0.3, -0.25) is 4.79 Å². The number of ether oxygens (including phenoxy) is 3. The summed E-state index contributed by atoms with van der Waals surface area (Å²) in [5.41, 5.74) is 0.320. The molecule has 1 amide bonds. The van der Waals surface area contributed by atoms with Crippen LogP contribution in [0.15, 0.2) is 46.7 Å². The Hall–Kier alpha value is -3.13. The maximum atomic E-state index is 13.1. The van der Waals surface area contributed by atoms with Gasteiger partial charge in [0.15, 0.2) is 11.5 Å². The number of aromatic nitrogens is 2. The van der Waals surface area contributed by atoms with Crippen molar-refractivity contribution in [2.45, 2.75) is 36.4 Å². The Balaban J connectivity index is 1.81. The lowest BCUT2D eigenvalue weighted by molar-refractivity contribution is -0.110. The van der Waals surface area contributed by atoms with Gasteiger partial charge in [0.05, 0.1) is 37.1 Å². The quantitative estimate of drug-likeness (QED) is 0.246. The smallest absolute Gasteiger partial charge is 0.279 e. The third-order valence-electron chi connectivity index (χ3n) is 5.29. The van der Waals surface area contributed by atoms with Crippen LogP contribution < -0.4 is 14.8 Å². The Kier molecular flexibility index (Phi) is 9.48. The zero-order chi connectivity index (χ0) is 25.3. The van der Waals surface area contributed by atoms with Gasteiger partial charge >= 0.3 is 0 Å². The van der Waals surface area contributed by atoms with Gasteiger partial charge in [0.2, 0.25) is 15.9 Å². The number of sulfonamides is 1. The van der Waals surface area contributed by atoms with E-state index < -0.39 is 15.9 Å². The first-order chi connectivity index (χ1) is 16.9. The second kappa shape index (κ2) is 12.5. The number of nitrogens with zero attached hydrogens (tertiary/aromatic N) is 3. The lowest BCUT2D eigenvalue weighted by Gasteiger charge is -2.12. The average Bonchev–Trinajstić information content (AvgIpc) is 3.33. The molecule has 2 atom stereocenters. The van der Waals surface area contributed by atoms with Crippen LogP contribution in [0.1, 0.15) is 24.8 Å². The van der Waals surface area contributed by atoms with Gasteiger partial charge < -0.3 is 24.4 Å². The van der Waals surface area contributed by atoms with E-state index in [9.17, 15) is 13.2 Å². The lowest BCUT2D eigenvalue weighted by Crippen LogP contribution is -2.28. The van der Waals surface area contributed by atoms with Gasteiger partial charge in [-0.2, -0.15) is 0 Å². The Bertz CT molecular complexity index is 1110. The van der Waals surface area contributed by atoms with Crippen molar-refractivity contribution in [2.75, 3.05) is 39.8 Å². The maximum Gasteiger partial charge on any atom is 0.279 e. The molecule has 0 unspecified atom stereocenters.